The summed E-state index contributed by atoms with van der Waals surface area (Å²) in [4.78, 5) is 10.2. The lowest BCUT2D eigenvalue weighted by Gasteiger charge is -2.11. The summed E-state index contributed by atoms with van der Waals surface area (Å²) >= 11 is 0. The van der Waals surface area contributed by atoms with Crippen LogP contribution in [-0.4, -0.2) is 10.0 Å². The van der Waals surface area contributed by atoms with Crippen molar-refractivity contribution in [3.8, 4) is 11.5 Å². The predicted octanol–water partition coefficient (Wildman–Crippen LogP) is 2.65. The second kappa shape index (κ2) is 6.23. The van der Waals surface area contributed by atoms with Gasteiger partial charge in [0.25, 0.3) is 0 Å². The molecule has 21 heavy (non-hydrogen) atoms. The van der Waals surface area contributed by atoms with E-state index in [-0.39, 0.29) is 18.0 Å². The molecule has 0 atom stereocenters. The van der Waals surface area contributed by atoms with Crippen LogP contribution in [0.5, 0.6) is 11.5 Å². The molecular weight excluding hydrogens is 272 g/mol. The summed E-state index contributed by atoms with van der Waals surface area (Å²) in [7, 11) is 0. The highest BCUT2D eigenvalue weighted by molar-refractivity contribution is 5.53. The number of phenolic OH excluding ortho intramolecular Hbond substituents is 1. The Kier molecular flexibility index (Phi) is 4.39. The topological polar surface area (TPSA) is 98.6 Å². The number of hydrogen-bond donors (Lipinski definition) is 2. The highest BCUT2D eigenvalue weighted by Gasteiger charge is 2.19. The number of ether oxygens (including phenoxy) is 1. The van der Waals surface area contributed by atoms with Gasteiger partial charge in [-0.1, -0.05) is 18.2 Å². The van der Waals surface area contributed by atoms with Crippen LogP contribution in [0.1, 0.15) is 16.7 Å². The normalized spacial score (nSPS) is 10.4. The standard InChI is InChI=1S/C15H16N2O4/c1-10-5-6-14(17(19)20)15(18)13(10)9-21-12-4-2-3-11(7-12)8-16/h2-7,18H,8-9,16H2,1H3. The Bertz CT molecular complexity index is 671. The molecule has 0 heterocycles. The minimum atomic E-state index is -0.618. The molecule has 0 aromatic heterocycles. The van der Waals surface area contributed by atoms with Crippen molar-refractivity contribution >= 4 is 5.69 Å². The van der Waals surface area contributed by atoms with Crippen molar-refractivity contribution in [2.75, 3.05) is 0 Å². The van der Waals surface area contributed by atoms with E-state index in [1.54, 1.807) is 25.1 Å². The van der Waals surface area contributed by atoms with Crippen LogP contribution in [0, 0.1) is 17.0 Å². The van der Waals surface area contributed by atoms with Gasteiger partial charge in [0, 0.05) is 18.2 Å². The Morgan fingerprint density at radius 2 is 2.10 bits per heavy atom. The van der Waals surface area contributed by atoms with Gasteiger partial charge in [-0.2, -0.15) is 0 Å². The fourth-order valence-corrected chi connectivity index (χ4v) is 1.97. The molecule has 0 fully saturated rings. The van der Waals surface area contributed by atoms with Crippen LogP contribution in [-0.2, 0) is 13.2 Å². The van der Waals surface area contributed by atoms with Crippen molar-refractivity contribution in [2.45, 2.75) is 20.1 Å². The first-order valence-corrected chi connectivity index (χ1v) is 6.40. The van der Waals surface area contributed by atoms with Gasteiger partial charge < -0.3 is 15.6 Å². The fourth-order valence-electron chi connectivity index (χ4n) is 1.97. The maximum absolute atomic E-state index is 10.8. The van der Waals surface area contributed by atoms with Crippen LogP contribution in [0.2, 0.25) is 0 Å². The fraction of sp³-hybridized carbons (Fsp3) is 0.200. The van der Waals surface area contributed by atoms with E-state index in [0.29, 0.717) is 17.9 Å². The van der Waals surface area contributed by atoms with E-state index >= 15 is 0 Å². The SMILES string of the molecule is Cc1ccc([N+](=O)[O-])c(O)c1COc1cccc(CN)c1. The minimum absolute atomic E-state index is 0.0490. The molecule has 0 unspecified atom stereocenters. The summed E-state index contributed by atoms with van der Waals surface area (Å²) in [6.45, 7) is 2.21. The summed E-state index contributed by atoms with van der Waals surface area (Å²) in [6.07, 6.45) is 0. The second-order valence-electron chi connectivity index (χ2n) is 4.63. The molecule has 2 rings (SSSR count). The molecule has 0 bridgehead atoms. The molecular formula is C15H16N2O4. The maximum atomic E-state index is 10.8. The van der Waals surface area contributed by atoms with Crippen molar-refractivity contribution in [3.63, 3.8) is 0 Å². The monoisotopic (exact) mass is 288 g/mol. The predicted molar refractivity (Wildman–Crippen MR) is 78.2 cm³/mol. The van der Waals surface area contributed by atoms with Gasteiger partial charge in [-0.3, -0.25) is 10.1 Å². The van der Waals surface area contributed by atoms with E-state index in [2.05, 4.69) is 0 Å². The van der Waals surface area contributed by atoms with E-state index < -0.39 is 4.92 Å². The molecule has 0 saturated carbocycles. The van der Waals surface area contributed by atoms with Gasteiger partial charge in [0.15, 0.2) is 0 Å². The summed E-state index contributed by atoms with van der Waals surface area (Å²) in [5, 5.41) is 20.8. The highest BCUT2D eigenvalue weighted by Crippen LogP contribution is 2.32. The quantitative estimate of drug-likeness (QED) is 0.651. The Labute approximate surface area is 121 Å². The first-order chi connectivity index (χ1) is 10.0. The molecule has 0 aliphatic heterocycles. The summed E-state index contributed by atoms with van der Waals surface area (Å²) < 4.78 is 5.59. The number of nitro groups is 1. The Hall–Kier alpha value is -2.60. The van der Waals surface area contributed by atoms with Gasteiger partial charge in [0.1, 0.15) is 12.4 Å². The number of nitrogens with two attached hydrogens (primary N) is 1. The summed E-state index contributed by atoms with van der Waals surface area (Å²) in [6, 6.07) is 10.1. The Balaban J connectivity index is 2.23. The Morgan fingerprint density at radius 1 is 1.33 bits per heavy atom. The molecule has 6 nitrogen and oxygen atoms in total. The van der Waals surface area contributed by atoms with Gasteiger partial charge in [-0.15, -0.1) is 0 Å². The number of benzene rings is 2. The third-order valence-electron chi connectivity index (χ3n) is 3.21. The molecule has 0 aliphatic carbocycles. The molecule has 0 aliphatic rings. The number of hydrogen-bond acceptors (Lipinski definition) is 5. The number of nitro benzene ring substituents is 1. The molecule has 0 amide bonds. The number of aryl methyl sites for hydroxylation is 1. The molecule has 0 radical (unpaired) electrons. The molecule has 0 saturated heterocycles. The number of phenols is 1. The van der Waals surface area contributed by atoms with Crippen LogP contribution in [0.15, 0.2) is 36.4 Å². The van der Waals surface area contributed by atoms with E-state index in [1.165, 1.54) is 6.07 Å². The number of rotatable bonds is 5. The zero-order chi connectivity index (χ0) is 15.4. The van der Waals surface area contributed by atoms with Gasteiger partial charge in [-0.05, 0) is 30.2 Å². The van der Waals surface area contributed by atoms with E-state index in [1.807, 2.05) is 12.1 Å². The third kappa shape index (κ3) is 3.29. The first kappa shape index (κ1) is 14.8. The average molecular weight is 288 g/mol. The molecule has 0 spiro atoms. The van der Waals surface area contributed by atoms with Gasteiger partial charge >= 0.3 is 5.69 Å². The van der Waals surface area contributed by atoms with Gasteiger partial charge in [0.05, 0.1) is 4.92 Å². The smallest absolute Gasteiger partial charge is 0.311 e. The number of aromatic hydroxyl groups is 1. The molecule has 110 valence electrons. The highest BCUT2D eigenvalue weighted by atomic mass is 16.6. The minimum Gasteiger partial charge on any atom is -0.502 e. The van der Waals surface area contributed by atoms with Gasteiger partial charge in [0.2, 0.25) is 5.75 Å². The lowest BCUT2D eigenvalue weighted by atomic mass is 10.1. The van der Waals surface area contributed by atoms with Crippen LogP contribution in [0.4, 0.5) is 5.69 Å². The van der Waals surface area contributed by atoms with E-state index in [9.17, 15) is 15.2 Å². The molecule has 2 aromatic carbocycles. The Morgan fingerprint density at radius 3 is 2.76 bits per heavy atom. The summed E-state index contributed by atoms with van der Waals surface area (Å²) in [5.74, 6) is 0.248. The second-order valence-corrected chi connectivity index (χ2v) is 4.63. The van der Waals surface area contributed by atoms with Crippen LogP contribution in [0.25, 0.3) is 0 Å². The van der Waals surface area contributed by atoms with Crippen LogP contribution >= 0.6 is 0 Å². The van der Waals surface area contributed by atoms with Crippen molar-refractivity contribution in [1.82, 2.24) is 0 Å². The largest absolute Gasteiger partial charge is 0.502 e. The van der Waals surface area contributed by atoms with E-state index in [4.69, 9.17) is 10.5 Å². The summed E-state index contributed by atoms with van der Waals surface area (Å²) in [5.41, 5.74) is 7.29. The van der Waals surface area contributed by atoms with Crippen LogP contribution in [0.3, 0.4) is 0 Å². The first-order valence-electron chi connectivity index (χ1n) is 6.40. The zero-order valence-corrected chi connectivity index (χ0v) is 11.6. The average Bonchev–Trinajstić information content (AvgIpc) is 2.47. The zero-order valence-electron chi connectivity index (χ0n) is 11.6. The maximum Gasteiger partial charge on any atom is 0.311 e. The molecule has 6 heteroatoms. The van der Waals surface area contributed by atoms with Crippen molar-refractivity contribution < 1.29 is 14.8 Å². The van der Waals surface area contributed by atoms with Crippen molar-refractivity contribution in [2.24, 2.45) is 5.73 Å². The molecule has 2 aromatic rings. The van der Waals surface area contributed by atoms with E-state index in [0.717, 1.165) is 11.1 Å². The number of nitrogens with zero attached hydrogens (tertiary/aromatic N) is 1. The lowest BCUT2D eigenvalue weighted by Crippen LogP contribution is -2.02. The third-order valence-corrected chi connectivity index (χ3v) is 3.21. The lowest BCUT2D eigenvalue weighted by molar-refractivity contribution is -0.386. The van der Waals surface area contributed by atoms with Gasteiger partial charge in [-0.25, -0.2) is 0 Å². The van der Waals surface area contributed by atoms with Crippen molar-refractivity contribution in [3.05, 3.63) is 63.2 Å². The van der Waals surface area contributed by atoms with Crippen molar-refractivity contribution in [1.29, 1.82) is 0 Å². The van der Waals surface area contributed by atoms with Crippen LogP contribution < -0.4 is 10.5 Å². The molecule has 3 N–H and O–H groups in total.